The Bertz CT molecular complexity index is 1610. The number of pyridine rings is 1. The number of sulfone groups is 1. The Morgan fingerprint density at radius 2 is 1.95 bits per heavy atom. The molecule has 3 N–H and O–H groups in total. The first-order chi connectivity index (χ1) is 19.3. The highest BCUT2D eigenvalue weighted by Crippen LogP contribution is 2.36. The molecule has 1 aliphatic carbocycles. The second-order valence-electron chi connectivity index (χ2n) is 10.4. The number of amides is 1. The van der Waals surface area contributed by atoms with Crippen LogP contribution in [0.4, 0.5) is 5.69 Å². The monoisotopic (exact) mass is 585 g/mol. The topological polar surface area (TPSA) is 131 Å². The Labute approximate surface area is 237 Å². The van der Waals surface area contributed by atoms with Gasteiger partial charge in [0, 0.05) is 55.4 Å². The summed E-state index contributed by atoms with van der Waals surface area (Å²) in [7, 11) is -2.91. The lowest BCUT2D eigenvalue weighted by atomic mass is 9.94. The number of nitrogens with one attached hydrogen (secondary N) is 1. The molecule has 10 nitrogen and oxygen atoms in total. The first kappa shape index (κ1) is 27.1. The van der Waals surface area contributed by atoms with Gasteiger partial charge >= 0.3 is 0 Å². The van der Waals surface area contributed by atoms with Crippen molar-refractivity contribution < 1.29 is 22.7 Å². The van der Waals surface area contributed by atoms with Crippen molar-refractivity contribution in [1.29, 1.82) is 0 Å². The van der Waals surface area contributed by atoms with E-state index in [1.807, 2.05) is 18.2 Å². The molecule has 6 rings (SSSR count). The molecule has 40 heavy (non-hydrogen) atoms. The molecule has 1 unspecified atom stereocenters. The summed E-state index contributed by atoms with van der Waals surface area (Å²) < 4.78 is 34.7. The van der Waals surface area contributed by atoms with Crippen LogP contribution in [0.15, 0.2) is 47.2 Å². The number of benzene rings is 1. The molecule has 2 aliphatic heterocycles. The molecule has 1 atom stereocenters. The first-order valence-electron chi connectivity index (χ1n) is 13.5. The SMILES string of the molecule is NC(=O)c1cc(C2C=C(Cl)C(OCCN3CCS(=O)(=O)CC3)=CC2)nc2c1[nH]c1cc(N3CCOCC3)ccc12. The van der Waals surface area contributed by atoms with Crippen LogP contribution in [0.2, 0.25) is 0 Å². The van der Waals surface area contributed by atoms with E-state index in [-0.39, 0.29) is 17.4 Å². The van der Waals surface area contributed by atoms with Gasteiger partial charge in [-0.25, -0.2) is 13.4 Å². The molecule has 3 aromatic rings. The van der Waals surface area contributed by atoms with E-state index in [0.717, 1.165) is 29.7 Å². The number of fused-ring (bicyclic) bond motifs is 3. The number of primary amides is 1. The van der Waals surface area contributed by atoms with E-state index in [9.17, 15) is 13.2 Å². The third-order valence-electron chi connectivity index (χ3n) is 7.82. The number of aromatic nitrogens is 2. The van der Waals surface area contributed by atoms with Crippen LogP contribution < -0.4 is 10.6 Å². The van der Waals surface area contributed by atoms with Crippen LogP contribution in [0.5, 0.6) is 0 Å². The third kappa shape index (κ3) is 5.56. The van der Waals surface area contributed by atoms with Gasteiger partial charge in [-0.1, -0.05) is 17.7 Å². The number of halogens is 1. The molecule has 0 saturated carbocycles. The zero-order valence-corrected chi connectivity index (χ0v) is 23.6. The first-order valence-corrected chi connectivity index (χ1v) is 15.7. The van der Waals surface area contributed by atoms with Crippen molar-refractivity contribution in [2.75, 3.05) is 69.0 Å². The van der Waals surface area contributed by atoms with Crippen LogP contribution in [0.1, 0.15) is 28.4 Å². The average Bonchev–Trinajstić information content (AvgIpc) is 3.32. The Morgan fingerprint density at radius 1 is 1.18 bits per heavy atom. The van der Waals surface area contributed by atoms with Gasteiger partial charge < -0.3 is 25.1 Å². The molecular formula is C28H32ClN5O5S. The Kier molecular flexibility index (Phi) is 7.47. The molecule has 1 amide bonds. The van der Waals surface area contributed by atoms with Crippen molar-refractivity contribution in [3.05, 3.63) is 58.5 Å². The Morgan fingerprint density at radius 3 is 2.67 bits per heavy atom. The van der Waals surface area contributed by atoms with E-state index in [0.29, 0.717) is 79.0 Å². The van der Waals surface area contributed by atoms with E-state index in [2.05, 4.69) is 26.9 Å². The number of nitrogens with zero attached hydrogens (tertiary/aromatic N) is 3. The van der Waals surface area contributed by atoms with Crippen molar-refractivity contribution in [2.24, 2.45) is 5.73 Å². The molecule has 2 saturated heterocycles. The highest BCUT2D eigenvalue weighted by atomic mass is 35.5. The fraction of sp³-hybridized carbons (Fsp3) is 0.429. The number of nitrogens with two attached hydrogens (primary N) is 1. The zero-order chi connectivity index (χ0) is 27.9. The molecular weight excluding hydrogens is 554 g/mol. The number of aromatic amines is 1. The van der Waals surface area contributed by atoms with E-state index in [1.54, 1.807) is 6.07 Å². The quantitative estimate of drug-likeness (QED) is 0.433. The molecule has 2 fully saturated rings. The Balaban J connectivity index is 1.20. The number of ether oxygens (including phenoxy) is 2. The van der Waals surface area contributed by atoms with Gasteiger partial charge in [0.25, 0.3) is 5.91 Å². The predicted molar refractivity (Wildman–Crippen MR) is 156 cm³/mol. The lowest BCUT2D eigenvalue weighted by molar-refractivity contribution is 0.100. The predicted octanol–water partition coefficient (Wildman–Crippen LogP) is 2.89. The standard InChI is InChI=1S/C28H32ClN5O5S/c29-22-15-18(1-4-25(22)39-12-5-33-8-13-40(36,37)14-9-33)23-17-21(28(30)35)27-26(31-23)20-3-2-19(16-24(20)32-27)34-6-10-38-11-7-34/h2-4,15-18,32H,1,5-14H2,(H2,30,35). The number of carbonyl (C=O) groups excluding carboxylic acids is 1. The lowest BCUT2D eigenvalue weighted by Gasteiger charge is -2.28. The summed E-state index contributed by atoms with van der Waals surface area (Å²) in [4.78, 5) is 25.2. The fourth-order valence-electron chi connectivity index (χ4n) is 5.52. The lowest BCUT2D eigenvalue weighted by Crippen LogP contribution is -2.41. The normalized spacial score (nSPS) is 21.8. The number of hydrogen-bond acceptors (Lipinski definition) is 8. The van der Waals surface area contributed by atoms with E-state index < -0.39 is 15.7 Å². The van der Waals surface area contributed by atoms with Gasteiger partial charge in [0.15, 0.2) is 9.84 Å². The minimum atomic E-state index is -2.91. The molecule has 4 heterocycles. The van der Waals surface area contributed by atoms with Crippen molar-refractivity contribution in [3.8, 4) is 0 Å². The van der Waals surface area contributed by atoms with Gasteiger partial charge in [0.2, 0.25) is 0 Å². The maximum Gasteiger partial charge on any atom is 0.250 e. The van der Waals surface area contributed by atoms with Crippen molar-refractivity contribution in [2.45, 2.75) is 12.3 Å². The van der Waals surface area contributed by atoms with Crippen molar-refractivity contribution >= 4 is 55.0 Å². The maximum absolute atomic E-state index is 12.5. The highest BCUT2D eigenvalue weighted by molar-refractivity contribution is 7.91. The smallest absolute Gasteiger partial charge is 0.250 e. The highest BCUT2D eigenvalue weighted by Gasteiger charge is 2.24. The van der Waals surface area contributed by atoms with Crippen molar-refractivity contribution in [3.63, 3.8) is 0 Å². The Hall–Kier alpha value is -3.12. The molecule has 1 aromatic carbocycles. The van der Waals surface area contributed by atoms with E-state index in [1.165, 1.54) is 0 Å². The number of anilines is 1. The van der Waals surface area contributed by atoms with Gasteiger partial charge in [-0.3, -0.25) is 9.69 Å². The summed E-state index contributed by atoms with van der Waals surface area (Å²) in [6.45, 7) is 5.15. The number of carbonyl (C=O) groups is 1. The van der Waals surface area contributed by atoms with Gasteiger partial charge in [-0.15, -0.1) is 0 Å². The number of H-pyrrole nitrogens is 1. The number of allylic oxidation sites excluding steroid dienone is 3. The maximum atomic E-state index is 12.5. The third-order valence-corrected chi connectivity index (χ3v) is 9.74. The summed E-state index contributed by atoms with van der Waals surface area (Å²) in [5, 5.41) is 1.40. The van der Waals surface area contributed by atoms with Crippen molar-refractivity contribution in [1.82, 2.24) is 14.9 Å². The molecule has 3 aliphatic rings. The van der Waals surface area contributed by atoms with Crippen LogP contribution in [-0.2, 0) is 19.3 Å². The molecule has 0 bridgehead atoms. The number of morpholine rings is 1. The molecule has 212 valence electrons. The average molecular weight is 586 g/mol. The van der Waals surface area contributed by atoms with Gasteiger partial charge in [-0.2, -0.15) is 0 Å². The zero-order valence-electron chi connectivity index (χ0n) is 22.1. The second-order valence-corrected chi connectivity index (χ2v) is 13.1. The molecule has 12 heteroatoms. The minimum absolute atomic E-state index is 0.146. The van der Waals surface area contributed by atoms with Gasteiger partial charge in [-0.05, 0) is 36.8 Å². The fourth-order valence-corrected chi connectivity index (χ4v) is 7.08. The van der Waals surface area contributed by atoms with Gasteiger partial charge in [0.1, 0.15) is 12.4 Å². The number of rotatable bonds is 7. The van der Waals surface area contributed by atoms with Crippen LogP contribution in [0.3, 0.4) is 0 Å². The molecule has 0 radical (unpaired) electrons. The van der Waals surface area contributed by atoms with Gasteiger partial charge in [0.05, 0.1) is 51.9 Å². The minimum Gasteiger partial charge on any atom is -0.491 e. The van der Waals surface area contributed by atoms with E-state index in [4.69, 9.17) is 31.8 Å². The molecule has 2 aromatic heterocycles. The number of hydrogen-bond donors (Lipinski definition) is 2. The van der Waals surface area contributed by atoms with Crippen LogP contribution in [0.25, 0.3) is 21.9 Å². The summed E-state index contributed by atoms with van der Waals surface area (Å²) in [5.74, 6) is 0.306. The van der Waals surface area contributed by atoms with Crippen LogP contribution >= 0.6 is 11.6 Å². The second kappa shape index (κ2) is 11.0. The molecule has 0 spiro atoms. The largest absolute Gasteiger partial charge is 0.491 e. The van der Waals surface area contributed by atoms with E-state index >= 15 is 0 Å². The van der Waals surface area contributed by atoms with Crippen LogP contribution in [-0.4, -0.2) is 93.2 Å². The summed E-state index contributed by atoms with van der Waals surface area (Å²) >= 11 is 6.61. The summed E-state index contributed by atoms with van der Waals surface area (Å²) in [6.07, 6.45) is 4.44. The summed E-state index contributed by atoms with van der Waals surface area (Å²) in [5.41, 5.74) is 10.2. The van der Waals surface area contributed by atoms with Crippen LogP contribution in [0, 0.1) is 0 Å². The summed E-state index contributed by atoms with van der Waals surface area (Å²) in [6, 6.07) is 7.94.